The number of benzene rings is 11. The molecule has 1 aliphatic carbocycles. The molecule has 2 atom stereocenters. The van der Waals surface area contributed by atoms with Gasteiger partial charge in [0.25, 0.3) is 6.71 Å². The zero-order valence-electron chi connectivity index (χ0n) is 42.3. The Bertz CT molecular complexity index is 3960. The number of rotatable bonds is 6. The van der Waals surface area contributed by atoms with E-state index >= 15 is 0 Å². The van der Waals surface area contributed by atoms with E-state index in [4.69, 9.17) is 0 Å². The highest BCUT2D eigenvalue weighted by Gasteiger charge is 2.60. The van der Waals surface area contributed by atoms with E-state index in [0.717, 1.165) is 12.8 Å². The van der Waals surface area contributed by atoms with Crippen molar-refractivity contribution >= 4 is 119 Å². The highest BCUT2D eigenvalue weighted by molar-refractivity contribution is 7.27. The number of hydrogen-bond donors (Lipinski definition) is 0. The van der Waals surface area contributed by atoms with Crippen molar-refractivity contribution < 1.29 is 0 Å². The highest BCUT2D eigenvalue weighted by Crippen LogP contribution is 2.62. The van der Waals surface area contributed by atoms with Crippen LogP contribution in [0, 0.1) is 0 Å². The van der Waals surface area contributed by atoms with Gasteiger partial charge in [0.15, 0.2) is 8.07 Å². The lowest BCUT2D eigenvalue weighted by Crippen LogP contribution is -2.88. The van der Waals surface area contributed by atoms with Crippen molar-refractivity contribution in [3.8, 4) is 11.1 Å². The van der Waals surface area contributed by atoms with Crippen LogP contribution in [0.1, 0.15) is 45.1 Å². The Morgan fingerprint density at radius 2 is 0.880 bits per heavy atom. The van der Waals surface area contributed by atoms with Gasteiger partial charge in [-0.25, -0.2) is 0 Å². The van der Waals surface area contributed by atoms with Crippen LogP contribution in [0.15, 0.2) is 243 Å². The van der Waals surface area contributed by atoms with E-state index in [1.807, 2.05) is 0 Å². The van der Waals surface area contributed by atoms with Crippen molar-refractivity contribution in [1.82, 2.24) is 0 Å². The molecule has 0 saturated heterocycles. The Balaban J connectivity index is 1.05. The van der Waals surface area contributed by atoms with E-state index in [9.17, 15) is 0 Å². The quantitative estimate of drug-likeness (QED) is 0.154. The van der Waals surface area contributed by atoms with Crippen LogP contribution in [0.4, 0.5) is 45.5 Å². The SMILES string of the molecule is CC12CCCCC1(C)N(c1cc3c4c(c1)N(c1ccc5ccccc5c1)c1cccc5c1B4c1c(cccc1[Si]5(c1ccccc1)c1ccccc1)N3c1ccc3ccccc3c1)c1ccc(-c3ccccc3)cc12. The molecule has 5 heteroatoms. The summed E-state index contributed by atoms with van der Waals surface area (Å²) in [5.41, 5.74) is 18.0. The standard InChI is InChI=1S/C70H54BN3Si/c1-69-40-16-17-41-70(69,2)74(59-39-36-52(44-58(59)69)47-20-6-3-7-21-47)55-45-62-66-63(46-55)73(54-38-35-49-23-13-15-25-51(49)43-54)61-31-19-33-65-68(61)71(66)67-60(72(62)53-37-34-48-22-12-14-24-50(48)42-53)30-18-32-64(67)75(65,56-26-8-4-9-27-56)57-28-10-5-11-29-57/h3-15,18-39,42-46H,16-17,40-41H2,1-2H3. The lowest BCUT2D eigenvalue weighted by molar-refractivity contribution is 0.195. The monoisotopic (exact) mass is 975 g/mol. The Morgan fingerprint density at radius 3 is 1.44 bits per heavy atom. The molecule has 4 aliphatic heterocycles. The molecule has 0 bridgehead atoms. The molecule has 11 aromatic rings. The summed E-state index contributed by atoms with van der Waals surface area (Å²) >= 11 is 0. The van der Waals surface area contributed by atoms with Crippen molar-refractivity contribution in [1.29, 1.82) is 0 Å². The topological polar surface area (TPSA) is 9.72 Å². The second-order valence-corrected chi connectivity index (χ2v) is 26.0. The molecular weight excluding hydrogens is 922 g/mol. The summed E-state index contributed by atoms with van der Waals surface area (Å²) in [5.74, 6) is 0. The predicted molar refractivity (Wildman–Crippen MR) is 321 cm³/mol. The van der Waals surface area contributed by atoms with Crippen LogP contribution in [0.2, 0.25) is 0 Å². The Labute approximate surface area is 441 Å². The first-order chi connectivity index (χ1) is 36.9. The second kappa shape index (κ2) is 15.8. The molecule has 0 amide bonds. The van der Waals surface area contributed by atoms with Crippen molar-refractivity contribution in [3.05, 3.63) is 248 Å². The third kappa shape index (κ3) is 5.77. The van der Waals surface area contributed by atoms with Gasteiger partial charge in [-0.15, -0.1) is 0 Å². The molecular formula is C70H54BN3Si. The van der Waals surface area contributed by atoms with Gasteiger partial charge in [0.05, 0.1) is 5.54 Å². The van der Waals surface area contributed by atoms with Gasteiger partial charge in [0.1, 0.15) is 0 Å². The number of anilines is 8. The lowest BCUT2D eigenvalue weighted by Gasteiger charge is -2.53. The van der Waals surface area contributed by atoms with E-state index in [1.54, 1.807) is 0 Å². The predicted octanol–water partition coefficient (Wildman–Crippen LogP) is 13.2. The molecule has 0 aromatic heterocycles. The average molecular weight is 976 g/mol. The maximum absolute atomic E-state index is 3.00. The van der Waals surface area contributed by atoms with Gasteiger partial charge >= 0.3 is 0 Å². The molecule has 1 saturated carbocycles. The van der Waals surface area contributed by atoms with Crippen LogP contribution in [-0.2, 0) is 5.41 Å². The summed E-state index contributed by atoms with van der Waals surface area (Å²) < 4.78 is 0. The average Bonchev–Trinajstić information content (AvgIpc) is 3.69. The van der Waals surface area contributed by atoms with Gasteiger partial charge < -0.3 is 14.7 Å². The Morgan fingerprint density at radius 1 is 0.373 bits per heavy atom. The van der Waals surface area contributed by atoms with Crippen LogP contribution in [0.25, 0.3) is 32.7 Å². The van der Waals surface area contributed by atoms with Crippen LogP contribution < -0.4 is 51.8 Å². The van der Waals surface area contributed by atoms with Gasteiger partial charge in [-0.05, 0) is 156 Å². The number of hydrogen-bond acceptors (Lipinski definition) is 3. The molecule has 5 aliphatic rings. The summed E-state index contributed by atoms with van der Waals surface area (Å²) in [6.45, 7) is 5.17. The molecule has 75 heavy (non-hydrogen) atoms. The summed E-state index contributed by atoms with van der Waals surface area (Å²) in [6.07, 6.45) is 4.70. The first-order valence-electron chi connectivity index (χ1n) is 27.1. The summed E-state index contributed by atoms with van der Waals surface area (Å²) in [4.78, 5) is 8.16. The molecule has 4 heterocycles. The Kier molecular flexibility index (Phi) is 9.08. The largest absolute Gasteiger partial charge is 0.334 e. The molecule has 2 unspecified atom stereocenters. The van der Waals surface area contributed by atoms with Crippen molar-refractivity contribution in [3.63, 3.8) is 0 Å². The molecule has 0 spiro atoms. The Hall–Kier alpha value is -8.38. The van der Waals surface area contributed by atoms with Crippen LogP contribution in [0.3, 0.4) is 0 Å². The summed E-state index contributed by atoms with van der Waals surface area (Å²) in [6, 6.07) is 93.4. The van der Waals surface area contributed by atoms with E-state index in [-0.39, 0.29) is 17.7 Å². The van der Waals surface area contributed by atoms with Crippen LogP contribution in [0.5, 0.6) is 0 Å². The van der Waals surface area contributed by atoms with E-state index in [0.29, 0.717) is 0 Å². The number of nitrogens with zero attached hydrogens (tertiary/aromatic N) is 3. The first kappa shape index (κ1) is 43.1. The normalized spacial score (nSPS) is 19.2. The van der Waals surface area contributed by atoms with Crippen molar-refractivity contribution in [2.24, 2.45) is 0 Å². The third-order valence-corrected chi connectivity index (χ3v) is 23.7. The second-order valence-electron chi connectivity index (χ2n) is 22.3. The maximum Gasteiger partial charge on any atom is 0.251 e. The molecule has 3 nitrogen and oxygen atoms in total. The molecule has 0 radical (unpaired) electrons. The van der Waals surface area contributed by atoms with Gasteiger partial charge in [-0.2, -0.15) is 0 Å². The summed E-state index contributed by atoms with van der Waals surface area (Å²) in [7, 11) is -3.00. The summed E-state index contributed by atoms with van der Waals surface area (Å²) in [5, 5.41) is 10.7. The number of fused-ring (bicyclic) bond motifs is 5. The third-order valence-electron chi connectivity index (χ3n) is 18.8. The molecule has 11 aromatic carbocycles. The zero-order valence-corrected chi connectivity index (χ0v) is 43.3. The molecule has 1 fully saturated rings. The zero-order chi connectivity index (χ0) is 49.6. The van der Waals surface area contributed by atoms with E-state index < -0.39 is 8.07 Å². The minimum Gasteiger partial charge on any atom is -0.334 e. The molecule has 0 N–H and O–H groups in total. The van der Waals surface area contributed by atoms with E-state index in [1.165, 1.54) is 134 Å². The van der Waals surface area contributed by atoms with Gasteiger partial charge in [0, 0.05) is 50.9 Å². The maximum atomic E-state index is 2.81. The highest BCUT2D eigenvalue weighted by atomic mass is 28.3. The fraction of sp³-hybridized carbons (Fsp3) is 0.114. The van der Waals surface area contributed by atoms with Crippen LogP contribution in [-0.4, -0.2) is 20.3 Å². The molecule has 356 valence electrons. The van der Waals surface area contributed by atoms with Gasteiger partial charge in [-0.3, -0.25) is 0 Å². The van der Waals surface area contributed by atoms with Crippen molar-refractivity contribution in [2.75, 3.05) is 14.7 Å². The fourth-order valence-corrected chi connectivity index (χ4v) is 20.6. The minimum absolute atomic E-state index is 0.00209. The van der Waals surface area contributed by atoms with Gasteiger partial charge in [0.2, 0.25) is 0 Å². The van der Waals surface area contributed by atoms with Crippen LogP contribution >= 0.6 is 0 Å². The lowest BCUT2D eigenvalue weighted by atomic mass is 9.33. The van der Waals surface area contributed by atoms with Gasteiger partial charge in [-0.1, -0.05) is 202 Å². The first-order valence-corrected chi connectivity index (χ1v) is 29.1. The van der Waals surface area contributed by atoms with Crippen molar-refractivity contribution in [2.45, 2.75) is 50.5 Å². The fourth-order valence-electron chi connectivity index (χ4n) is 15.3. The smallest absolute Gasteiger partial charge is 0.251 e. The molecule has 16 rings (SSSR count). The minimum atomic E-state index is -3.00. The van der Waals surface area contributed by atoms with E-state index in [2.05, 4.69) is 271 Å².